The molecule has 1 atom stereocenters. The minimum Gasteiger partial charge on any atom is -0.478 e. The SMILES string of the molecule is CN(c1cc(F)c(S(=O)(=O)Nc2cscn2)cc1Cl)[C@H]1CCN(Cc2cccc(C(=O)O)c2)C1. The van der Waals surface area contributed by atoms with Gasteiger partial charge in [0.1, 0.15) is 10.7 Å². The third-order valence-corrected chi connectivity index (χ3v) is 7.98. The highest BCUT2D eigenvalue weighted by atomic mass is 35.5. The van der Waals surface area contributed by atoms with E-state index in [4.69, 9.17) is 11.6 Å². The van der Waals surface area contributed by atoms with E-state index in [-0.39, 0.29) is 22.4 Å². The van der Waals surface area contributed by atoms with Gasteiger partial charge in [-0.15, -0.1) is 11.3 Å². The number of thiazole rings is 1. The minimum absolute atomic E-state index is 0.0233. The Morgan fingerprint density at radius 1 is 1.38 bits per heavy atom. The predicted octanol–water partition coefficient (Wildman–Crippen LogP) is 4.15. The Bertz CT molecular complexity index is 1300. The fourth-order valence-electron chi connectivity index (χ4n) is 3.98. The maximum atomic E-state index is 14.9. The van der Waals surface area contributed by atoms with Crippen LogP contribution in [0, 0.1) is 5.82 Å². The van der Waals surface area contributed by atoms with Crippen LogP contribution < -0.4 is 9.62 Å². The molecule has 0 aliphatic carbocycles. The van der Waals surface area contributed by atoms with Crippen LogP contribution in [0.2, 0.25) is 5.02 Å². The first-order valence-corrected chi connectivity index (χ1v) is 13.1. The van der Waals surface area contributed by atoms with E-state index in [2.05, 4.69) is 14.6 Å². The molecular formula is C22H22ClFN4O4S2. The summed E-state index contributed by atoms with van der Waals surface area (Å²) in [7, 11) is -2.39. The number of anilines is 2. The summed E-state index contributed by atoms with van der Waals surface area (Å²) < 4.78 is 42.3. The molecule has 1 saturated heterocycles. The van der Waals surface area contributed by atoms with Crippen molar-refractivity contribution in [2.45, 2.75) is 23.9 Å². The first-order valence-electron chi connectivity index (χ1n) is 10.3. The largest absolute Gasteiger partial charge is 0.478 e. The van der Waals surface area contributed by atoms with E-state index in [1.807, 2.05) is 11.0 Å². The number of hydrogen-bond donors (Lipinski definition) is 2. The monoisotopic (exact) mass is 524 g/mol. The number of aromatic nitrogens is 1. The lowest BCUT2D eigenvalue weighted by molar-refractivity contribution is 0.0696. The number of halogens is 2. The molecule has 1 fully saturated rings. The topological polar surface area (TPSA) is 103 Å². The molecule has 180 valence electrons. The van der Waals surface area contributed by atoms with Crippen molar-refractivity contribution >= 4 is 50.4 Å². The van der Waals surface area contributed by atoms with Crippen LogP contribution in [0.4, 0.5) is 15.9 Å². The summed E-state index contributed by atoms with van der Waals surface area (Å²) in [5, 5.41) is 10.8. The number of carboxylic acid groups (broad SMARTS) is 1. The maximum Gasteiger partial charge on any atom is 0.335 e. The zero-order valence-corrected chi connectivity index (χ0v) is 20.5. The summed E-state index contributed by atoms with van der Waals surface area (Å²) in [5.41, 5.74) is 3.00. The van der Waals surface area contributed by atoms with Gasteiger partial charge in [-0.2, -0.15) is 0 Å². The van der Waals surface area contributed by atoms with E-state index in [1.165, 1.54) is 22.2 Å². The van der Waals surface area contributed by atoms with Crippen LogP contribution in [0.3, 0.4) is 0 Å². The zero-order chi connectivity index (χ0) is 24.5. The smallest absolute Gasteiger partial charge is 0.335 e. The summed E-state index contributed by atoms with van der Waals surface area (Å²) in [6.07, 6.45) is 0.790. The van der Waals surface area contributed by atoms with Crippen molar-refractivity contribution in [3.05, 3.63) is 69.3 Å². The van der Waals surface area contributed by atoms with Crippen molar-refractivity contribution in [1.29, 1.82) is 0 Å². The summed E-state index contributed by atoms with van der Waals surface area (Å²) in [5.74, 6) is -1.76. The molecule has 0 saturated carbocycles. The van der Waals surface area contributed by atoms with Gasteiger partial charge in [0.15, 0.2) is 5.82 Å². The van der Waals surface area contributed by atoms with E-state index >= 15 is 0 Å². The Morgan fingerprint density at radius 3 is 2.88 bits per heavy atom. The van der Waals surface area contributed by atoms with Gasteiger partial charge in [0.05, 0.1) is 21.8 Å². The van der Waals surface area contributed by atoms with Crippen molar-refractivity contribution < 1.29 is 22.7 Å². The van der Waals surface area contributed by atoms with Crippen molar-refractivity contribution in [1.82, 2.24) is 9.88 Å². The van der Waals surface area contributed by atoms with Gasteiger partial charge >= 0.3 is 5.97 Å². The molecule has 1 aliphatic heterocycles. The summed E-state index contributed by atoms with van der Waals surface area (Å²) in [4.78, 5) is 18.6. The maximum absolute atomic E-state index is 14.9. The number of nitrogens with zero attached hydrogens (tertiary/aromatic N) is 3. The molecule has 0 spiro atoms. The van der Waals surface area contributed by atoms with Gasteiger partial charge in [-0.3, -0.25) is 9.62 Å². The number of nitrogens with one attached hydrogen (secondary N) is 1. The minimum atomic E-state index is -4.18. The number of sulfonamides is 1. The van der Waals surface area contributed by atoms with Crippen LogP contribution in [0.25, 0.3) is 0 Å². The highest BCUT2D eigenvalue weighted by molar-refractivity contribution is 7.92. The van der Waals surface area contributed by atoms with Crippen molar-refractivity contribution in [3.8, 4) is 0 Å². The quantitative estimate of drug-likeness (QED) is 0.456. The molecule has 0 radical (unpaired) electrons. The second kappa shape index (κ2) is 9.87. The van der Waals surface area contributed by atoms with Crippen LogP contribution in [-0.2, 0) is 16.6 Å². The molecule has 0 unspecified atom stereocenters. The lowest BCUT2D eigenvalue weighted by atomic mass is 10.1. The number of carboxylic acids is 1. The van der Waals surface area contributed by atoms with Crippen molar-refractivity contribution in [3.63, 3.8) is 0 Å². The molecule has 2 N–H and O–H groups in total. The summed E-state index contributed by atoms with van der Waals surface area (Å²) in [6.45, 7) is 2.03. The molecule has 2 heterocycles. The molecule has 0 bridgehead atoms. The number of carbonyl (C=O) groups is 1. The fourth-order valence-corrected chi connectivity index (χ4v) is 5.99. The van der Waals surface area contributed by atoms with Crippen molar-refractivity contribution in [2.75, 3.05) is 29.8 Å². The van der Waals surface area contributed by atoms with Crippen molar-refractivity contribution in [2.24, 2.45) is 0 Å². The molecule has 34 heavy (non-hydrogen) atoms. The summed E-state index contributed by atoms with van der Waals surface area (Å²) >= 11 is 7.60. The van der Waals surface area contributed by atoms with Gasteiger partial charge in [-0.25, -0.2) is 22.6 Å². The average Bonchev–Trinajstić information content (AvgIpc) is 3.46. The van der Waals surface area contributed by atoms with Crippen LogP contribution in [0.5, 0.6) is 0 Å². The number of hydrogen-bond acceptors (Lipinski definition) is 7. The lowest BCUT2D eigenvalue weighted by Gasteiger charge is -2.28. The lowest BCUT2D eigenvalue weighted by Crippen LogP contribution is -2.34. The van der Waals surface area contributed by atoms with Crippen LogP contribution >= 0.6 is 22.9 Å². The molecule has 12 heteroatoms. The standard InChI is InChI=1S/C22H22ClFN4O4S2/c1-27(16-5-6-28(11-16)10-14-3-2-4-15(7-14)22(29)30)19-9-18(24)20(8-17(19)23)34(31,32)26-21-12-33-13-25-21/h2-4,7-9,12-13,16,26H,5-6,10-11H2,1H3,(H,29,30)/t16-/m0/s1. The molecule has 0 amide bonds. The number of benzene rings is 2. The van der Waals surface area contributed by atoms with Gasteiger partial charge in [0.25, 0.3) is 10.0 Å². The predicted molar refractivity (Wildman–Crippen MR) is 130 cm³/mol. The highest BCUT2D eigenvalue weighted by Gasteiger charge is 2.29. The van der Waals surface area contributed by atoms with E-state index in [0.29, 0.717) is 18.8 Å². The van der Waals surface area contributed by atoms with Gasteiger partial charge < -0.3 is 10.0 Å². The zero-order valence-electron chi connectivity index (χ0n) is 18.1. The molecule has 3 aromatic rings. The van der Waals surface area contributed by atoms with E-state index < -0.39 is 26.7 Å². The average molecular weight is 525 g/mol. The fraction of sp³-hybridized carbons (Fsp3) is 0.273. The summed E-state index contributed by atoms with van der Waals surface area (Å²) in [6, 6.07) is 9.09. The van der Waals surface area contributed by atoms with Gasteiger partial charge in [-0.05, 0) is 30.2 Å². The van der Waals surface area contributed by atoms with Gasteiger partial charge in [0.2, 0.25) is 0 Å². The first kappa shape index (κ1) is 24.4. The normalized spacial score (nSPS) is 16.5. The second-order valence-electron chi connectivity index (χ2n) is 8.01. The Kier molecular flexibility index (Phi) is 7.08. The van der Waals surface area contributed by atoms with Crippen LogP contribution in [0.1, 0.15) is 22.3 Å². The molecule has 4 rings (SSSR count). The molecule has 2 aromatic carbocycles. The second-order valence-corrected chi connectivity index (χ2v) is 10.8. The third-order valence-electron chi connectivity index (χ3n) is 5.72. The van der Waals surface area contributed by atoms with E-state index in [1.54, 1.807) is 25.2 Å². The van der Waals surface area contributed by atoms with E-state index in [9.17, 15) is 22.7 Å². The third kappa shape index (κ3) is 5.33. The Morgan fingerprint density at radius 2 is 2.18 bits per heavy atom. The molecule has 1 aliphatic rings. The Hall–Kier alpha value is -2.73. The number of likely N-dealkylation sites (N-methyl/N-ethyl adjacent to an activating group) is 1. The highest BCUT2D eigenvalue weighted by Crippen LogP contribution is 2.33. The molecule has 8 nitrogen and oxygen atoms in total. The number of rotatable bonds is 8. The van der Waals surface area contributed by atoms with Crippen LogP contribution in [-0.4, -0.2) is 55.6 Å². The van der Waals surface area contributed by atoms with Gasteiger partial charge in [0, 0.05) is 44.2 Å². The first-order chi connectivity index (χ1) is 16.1. The molecule has 1 aromatic heterocycles. The Balaban J connectivity index is 1.47. The number of aromatic carboxylic acids is 1. The van der Waals surface area contributed by atoms with Gasteiger partial charge in [-0.1, -0.05) is 23.7 Å². The Labute approximate surface area is 205 Å². The number of likely N-dealkylation sites (tertiary alicyclic amines) is 1. The van der Waals surface area contributed by atoms with Crippen LogP contribution in [0.15, 0.2) is 52.2 Å². The van der Waals surface area contributed by atoms with E-state index in [0.717, 1.165) is 30.7 Å². The molecular weight excluding hydrogens is 503 g/mol.